The van der Waals surface area contributed by atoms with Gasteiger partial charge in [0.15, 0.2) is 0 Å². The van der Waals surface area contributed by atoms with E-state index in [-0.39, 0.29) is 5.75 Å². The molecule has 17 heavy (non-hydrogen) atoms. The zero-order valence-electron chi connectivity index (χ0n) is 10.7. The van der Waals surface area contributed by atoms with Crippen molar-refractivity contribution in [1.29, 1.82) is 0 Å². The van der Waals surface area contributed by atoms with E-state index in [0.717, 1.165) is 12.4 Å². The molecule has 0 fully saturated rings. The molecule has 0 aromatic carbocycles. The van der Waals surface area contributed by atoms with E-state index in [0.29, 0.717) is 19.0 Å². The Hall–Kier alpha value is -0.880. The number of sulfone groups is 1. The summed E-state index contributed by atoms with van der Waals surface area (Å²) in [4.78, 5) is 4.22. The van der Waals surface area contributed by atoms with Crippen LogP contribution in [-0.4, -0.2) is 36.5 Å². The topological polar surface area (TPSA) is 64.0 Å². The molecule has 0 aliphatic rings. The number of hydrogen-bond donors (Lipinski definition) is 1. The number of nitrogens with one attached hydrogen (secondary N) is 1. The number of aromatic nitrogens is 2. The second kappa shape index (κ2) is 6.16. The summed E-state index contributed by atoms with van der Waals surface area (Å²) in [5, 5.41) is 3.29. The van der Waals surface area contributed by atoms with Crippen molar-refractivity contribution in [2.75, 3.05) is 18.6 Å². The van der Waals surface area contributed by atoms with Gasteiger partial charge in [0, 0.05) is 25.2 Å². The third kappa shape index (κ3) is 5.83. The summed E-state index contributed by atoms with van der Waals surface area (Å²) < 4.78 is 24.1. The number of aryl methyl sites for hydroxylation is 1. The minimum Gasteiger partial charge on any atom is -0.333 e. The molecule has 0 saturated carbocycles. The van der Waals surface area contributed by atoms with Gasteiger partial charge in [0.05, 0.1) is 12.3 Å². The Morgan fingerprint density at radius 2 is 2.18 bits per heavy atom. The lowest BCUT2D eigenvalue weighted by molar-refractivity contribution is 0.530. The maximum Gasteiger partial charge on any atom is 0.149 e. The average molecular weight is 259 g/mol. The molecule has 0 radical (unpaired) electrons. The number of nitrogens with zero attached hydrogens (tertiary/aromatic N) is 2. The van der Waals surface area contributed by atoms with Crippen LogP contribution in [0.2, 0.25) is 0 Å². The first-order valence-electron chi connectivity index (χ1n) is 5.77. The van der Waals surface area contributed by atoms with Gasteiger partial charge in [-0.05, 0) is 12.5 Å². The smallest absolute Gasteiger partial charge is 0.149 e. The van der Waals surface area contributed by atoms with Crippen molar-refractivity contribution in [3.63, 3.8) is 0 Å². The SMILES string of the molecule is CC(C)CNCc1nccn1CCS(C)(=O)=O. The van der Waals surface area contributed by atoms with Gasteiger partial charge < -0.3 is 9.88 Å². The highest BCUT2D eigenvalue weighted by molar-refractivity contribution is 7.90. The van der Waals surface area contributed by atoms with E-state index in [9.17, 15) is 8.42 Å². The first-order valence-corrected chi connectivity index (χ1v) is 7.83. The largest absolute Gasteiger partial charge is 0.333 e. The van der Waals surface area contributed by atoms with Crippen molar-refractivity contribution in [3.05, 3.63) is 18.2 Å². The van der Waals surface area contributed by atoms with E-state index < -0.39 is 9.84 Å². The van der Waals surface area contributed by atoms with Crippen molar-refractivity contribution in [3.8, 4) is 0 Å². The first kappa shape index (κ1) is 14.2. The molecule has 0 atom stereocenters. The van der Waals surface area contributed by atoms with Gasteiger partial charge in [-0.2, -0.15) is 0 Å². The molecule has 98 valence electrons. The maximum atomic E-state index is 11.1. The highest BCUT2D eigenvalue weighted by Crippen LogP contribution is 1.99. The lowest BCUT2D eigenvalue weighted by atomic mass is 10.2. The van der Waals surface area contributed by atoms with Crippen LogP contribution >= 0.6 is 0 Å². The number of imidazole rings is 1. The van der Waals surface area contributed by atoms with Crippen molar-refractivity contribution in [2.24, 2.45) is 5.92 Å². The predicted molar refractivity (Wildman–Crippen MR) is 68.5 cm³/mol. The highest BCUT2D eigenvalue weighted by Gasteiger charge is 2.06. The molecule has 6 heteroatoms. The monoisotopic (exact) mass is 259 g/mol. The van der Waals surface area contributed by atoms with E-state index >= 15 is 0 Å². The summed E-state index contributed by atoms with van der Waals surface area (Å²) in [7, 11) is -2.92. The van der Waals surface area contributed by atoms with Gasteiger partial charge in [-0.25, -0.2) is 13.4 Å². The molecule has 0 bridgehead atoms. The Bertz CT molecular complexity index is 437. The fraction of sp³-hybridized carbons (Fsp3) is 0.727. The quantitative estimate of drug-likeness (QED) is 0.782. The van der Waals surface area contributed by atoms with E-state index in [1.54, 1.807) is 6.20 Å². The molecule has 1 aromatic rings. The van der Waals surface area contributed by atoms with Crippen LogP contribution in [0, 0.1) is 5.92 Å². The molecular formula is C11H21N3O2S. The van der Waals surface area contributed by atoms with Gasteiger partial charge in [-0.3, -0.25) is 0 Å². The molecule has 0 aliphatic heterocycles. The van der Waals surface area contributed by atoms with Crippen molar-refractivity contribution in [2.45, 2.75) is 26.9 Å². The Balaban J connectivity index is 2.48. The molecule has 0 unspecified atom stereocenters. The van der Waals surface area contributed by atoms with Gasteiger partial charge in [-0.1, -0.05) is 13.8 Å². The fourth-order valence-corrected chi connectivity index (χ4v) is 1.98. The molecule has 1 aromatic heterocycles. The van der Waals surface area contributed by atoms with E-state index in [4.69, 9.17) is 0 Å². The average Bonchev–Trinajstić information content (AvgIpc) is 2.61. The van der Waals surface area contributed by atoms with Gasteiger partial charge in [0.25, 0.3) is 0 Å². The van der Waals surface area contributed by atoms with Gasteiger partial charge >= 0.3 is 0 Å². The van der Waals surface area contributed by atoms with E-state index in [1.807, 2.05) is 10.8 Å². The van der Waals surface area contributed by atoms with Crippen LogP contribution in [0.15, 0.2) is 12.4 Å². The zero-order valence-corrected chi connectivity index (χ0v) is 11.5. The Kier molecular flexibility index (Phi) is 5.14. The van der Waals surface area contributed by atoms with Gasteiger partial charge in [0.1, 0.15) is 15.7 Å². The van der Waals surface area contributed by atoms with Crippen molar-refractivity contribution in [1.82, 2.24) is 14.9 Å². The second-order valence-corrected chi connectivity index (χ2v) is 6.95. The summed E-state index contributed by atoms with van der Waals surface area (Å²) >= 11 is 0. The zero-order chi connectivity index (χ0) is 12.9. The summed E-state index contributed by atoms with van der Waals surface area (Å²) in [5.41, 5.74) is 0. The van der Waals surface area contributed by atoms with Crippen LogP contribution in [0.4, 0.5) is 0 Å². The van der Waals surface area contributed by atoms with E-state index in [1.165, 1.54) is 6.26 Å². The standard InChI is InChI=1S/C11H21N3O2S/c1-10(2)8-12-9-11-13-4-5-14(11)6-7-17(3,15)16/h4-5,10,12H,6-9H2,1-3H3. The summed E-state index contributed by atoms with van der Waals surface area (Å²) in [5.74, 6) is 1.63. The maximum absolute atomic E-state index is 11.1. The third-order valence-corrected chi connectivity index (χ3v) is 3.26. The molecular weight excluding hydrogens is 238 g/mol. The van der Waals surface area contributed by atoms with Crippen LogP contribution in [-0.2, 0) is 22.9 Å². The van der Waals surface area contributed by atoms with Crippen molar-refractivity contribution >= 4 is 9.84 Å². The lowest BCUT2D eigenvalue weighted by Gasteiger charge is -2.09. The van der Waals surface area contributed by atoms with Gasteiger partial charge in [-0.15, -0.1) is 0 Å². The Morgan fingerprint density at radius 3 is 2.76 bits per heavy atom. The third-order valence-electron chi connectivity index (χ3n) is 2.34. The van der Waals surface area contributed by atoms with Crippen LogP contribution in [0.25, 0.3) is 0 Å². The van der Waals surface area contributed by atoms with E-state index in [2.05, 4.69) is 24.1 Å². The molecule has 0 amide bonds. The summed E-state index contributed by atoms with van der Waals surface area (Å²) in [6, 6.07) is 0. The number of rotatable bonds is 7. The molecule has 0 saturated heterocycles. The molecule has 0 spiro atoms. The number of hydrogen-bond acceptors (Lipinski definition) is 4. The summed E-state index contributed by atoms with van der Waals surface area (Å²) in [6.07, 6.45) is 4.77. The Morgan fingerprint density at radius 1 is 1.47 bits per heavy atom. The molecule has 5 nitrogen and oxygen atoms in total. The minimum atomic E-state index is -2.92. The fourth-order valence-electron chi connectivity index (χ4n) is 1.45. The van der Waals surface area contributed by atoms with Gasteiger partial charge in [0.2, 0.25) is 0 Å². The minimum absolute atomic E-state index is 0.153. The van der Waals surface area contributed by atoms with Crippen LogP contribution < -0.4 is 5.32 Å². The lowest BCUT2D eigenvalue weighted by Crippen LogP contribution is -2.22. The predicted octanol–water partition coefficient (Wildman–Crippen LogP) is 0.673. The van der Waals surface area contributed by atoms with Crippen molar-refractivity contribution < 1.29 is 8.42 Å². The Labute approximate surface area is 103 Å². The highest BCUT2D eigenvalue weighted by atomic mass is 32.2. The normalized spacial score (nSPS) is 12.2. The molecule has 1 heterocycles. The molecule has 0 aliphatic carbocycles. The molecule has 1 N–H and O–H groups in total. The van der Waals surface area contributed by atoms with Crippen LogP contribution in [0.5, 0.6) is 0 Å². The summed E-state index contributed by atoms with van der Waals surface area (Å²) in [6.45, 7) is 6.36. The first-order chi connectivity index (χ1) is 7.88. The second-order valence-electron chi connectivity index (χ2n) is 4.69. The van der Waals surface area contributed by atoms with Crippen LogP contribution in [0.3, 0.4) is 0 Å². The molecule has 1 rings (SSSR count). The van der Waals surface area contributed by atoms with Crippen LogP contribution in [0.1, 0.15) is 19.7 Å².